The highest BCUT2D eigenvalue weighted by molar-refractivity contribution is 9.10. The van der Waals surface area contributed by atoms with Crippen molar-refractivity contribution in [2.45, 2.75) is 6.42 Å². The van der Waals surface area contributed by atoms with Gasteiger partial charge in [0.25, 0.3) is 0 Å². The van der Waals surface area contributed by atoms with Gasteiger partial charge < -0.3 is 4.74 Å². The van der Waals surface area contributed by atoms with E-state index in [1.54, 1.807) is 18.2 Å². The van der Waals surface area contributed by atoms with Gasteiger partial charge in [-0.1, -0.05) is 15.9 Å². The maximum atomic E-state index is 11.6. The van der Waals surface area contributed by atoms with Crippen molar-refractivity contribution in [3.8, 4) is 6.07 Å². The van der Waals surface area contributed by atoms with Crippen LogP contribution in [0.15, 0.2) is 22.7 Å². The lowest BCUT2D eigenvalue weighted by Crippen LogP contribution is -2.38. The highest BCUT2D eigenvalue weighted by atomic mass is 79.9. The molecule has 1 saturated heterocycles. The third-order valence-electron chi connectivity index (χ3n) is 2.34. The molecular weight excluding hydrogens is 272 g/mol. The van der Waals surface area contributed by atoms with E-state index in [4.69, 9.17) is 10.00 Å². The van der Waals surface area contributed by atoms with E-state index >= 15 is 0 Å². The van der Waals surface area contributed by atoms with Crippen LogP contribution in [0, 0.1) is 11.3 Å². The van der Waals surface area contributed by atoms with Gasteiger partial charge in [0.2, 0.25) is 0 Å². The van der Waals surface area contributed by atoms with Gasteiger partial charge in [-0.3, -0.25) is 4.90 Å². The molecule has 0 bridgehead atoms. The van der Waals surface area contributed by atoms with Crippen molar-refractivity contribution in [1.82, 2.24) is 0 Å². The number of halogens is 1. The third kappa shape index (κ3) is 2.02. The van der Waals surface area contributed by atoms with Gasteiger partial charge in [-0.15, -0.1) is 0 Å². The van der Waals surface area contributed by atoms with E-state index in [0.717, 1.165) is 10.9 Å². The van der Waals surface area contributed by atoms with E-state index in [1.807, 2.05) is 0 Å². The molecule has 1 aromatic rings. The number of carbonyl (C=O) groups excluding carboxylic acids is 1. The molecule has 2 rings (SSSR count). The highest BCUT2D eigenvalue weighted by Crippen LogP contribution is 2.26. The van der Waals surface area contributed by atoms with Crippen LogP contribution in [0.3, 0.4) is 0 Å². The van der Waals surface area contributed by atoms with Crippen molar-refractivity contribution in [3.63, 3.8) is 0 Å². The Morgan fingerprint density at radius 3 is 3.00 bits per heavy atom. The number of rotatable bonds is 1. The third-order valence-corrected chi connectivity index (χ3v) is 2.84. The molecule has 1 amide bonds. The first-order valence-electron chi connectivity index (χ1n) is 4.86. The largest absolute Gasteiger partial charge is 0.449 e. The molecule has 0 N–H and O–H groups in total. The molecule has 4 nitrogen and oxygen atoms in total. The van der Waals surface area contributed by atoms with Gasteiger partial charge in [0.1, 0.15) is 6.07 Å². The van der Waals surface area contributed by atoms with Crippen LogP contribution in [0.4, 0.5) is 10.5 Å². The summed E-state index contributed by atoms with van der Waals surface area (Å²) in [5, 5.41) is 8.98. The molecule has 82 valence electrons. The van der Waals surface area contributed by atoms with Gasteiger partial charge in [0.15, 0.2) is 0 Å². The molecular formula is C11H9BrN2O2. The number of carbonyl (C=O) groups is 1. The number of cyclic esters (lactones) is 1. The molecule has 0 aliphatic carbocycles. The van der Waals surface area contributed by atoms with E-state index < -0.39 is 0 Å². The number of amides is 1. The number of nitriles is 1. The highest BCUT2D eigenvalue weighted by Gasteiger charge is 2.23. The minimum Gasteiger partial charge on any atom is -0.449 e. The van der Waals surface area contributed by atoms with E-state index in [-0.39, 0.29) is 6.09 Å². The summed E-state index contributed by atoms with van der Waals surface area (Å²) in [5.74, 6) is 0. The predicted molar refractivity (Wildman–Crippen MR) is 62.2 cm³/mol. The zero-order valence-corrected chi connectivity index (χ0v) is 10.0. The van der Waals surface area contributed by atoms with Crippen LogP contribution in [0.1, 0.15) is 12.0 Å². The normalized spacial score (nSPS) is 15.5. The van der Waals surface area contributed by atoms with Crippen molar-refractivity contribution < 1.29 is 9.53 Å². The molecule has 0 spiro atoms. The van der Waals surface area contributed by atoms with Crippen LogP contribution >= 0.6 is 15.9 Å². The Labute approximate surface area is 102 Å². The molecule has 0 aromatic heterocycles. The summed E-state index contributed by atoms with van der Waals surface area (Å²) in [6, 6.07) is 7.28. The lowest BCUT2D eigenvalue weighted by molar-refractivity contribution is 0.140. The minimum atomic E-state index is -0.388. The standard InChI is InChI=1S/C11H9BrN2O2/c12-9-3-2-8(7-13)10(6-9)14-4-1-5-16-11(14)15/h2-3,6H,1,4-5H2. The zero-order chi connectivity index (χ0) is 11.5. The lowest BCUT2D eigenvalue weighted by atomic mass is 10.1. The van der Waals surface area contributed by atoms with Crippen molar-refractivity contribution in [3.05, 3.63) is 28.2 Å². The number of ether oxygens (including phenoxy) is 1. The topological polar surface area (TPSA) is 53.3 Å². The van der Waals surface area contributed by atoms with Crippen molar-refractivity contribution in [1.29, 1.82) is 5.26 Å². The smallest absolute Gasteiger partial charge is 0.414 e. The summed E-state index contributed by atoms with van der Waals surface area (Å²) in [6.45, 7) is 1.04. The number of benzene rings is 1. The van der Waals surface area contributed by atoms with Gasteiger partial charge in [-0.25, -0.2) is 4.79 Å². The summed E-state index contributed by atoms with van der Waals surface area (Å²) in [4.78, 5) is 13.0. The maximum absolute atomic E-state index is 11.6. The molecule has 0 unspecified atom stereocenters. The van der Waals surface area contributed by atoms with Gasteiger partial charge in [-0.05, 0) is 24.6 Å². The Morgan fingerprint density at radius 1 is 1.50 bits per heavy atom. The molecule has 0 saturated carbocycles. The first-order valence-corrected chi connectivity index (χ1v) is 5.65. The van der Waals surface area contributed by atoms with Gasteiger partial charge in [0, 0.05) is 11.0 Å². The van der Waals surface area contributed by atoms with Gasteiger partial charge >= 0.3 is 6.09 Å². The second kappa shape index (κ2) is 4.54. The summed E-state index contributed by atoms with van der Waals surface area (Å²) >= 11 is 3.32. The van der Waals surface area contributed by atoms with E-state index in [2.05, 4.69) is 22.0 Å². The van der Waals surface area contributed by atoms with E-state index in [9.17, 15) is 4.79 Å². The monoisotopic (exact) mass is 280 g/mol. The van der Waals surface area contributed by atoms with E-state index in [0.29, 0.717) is 24.4 Å². The van der Waals surface area contributed by atoms with Gasteiger partial charge in [-0.2, -0.15) is 5.26 Å². The molecule has 1 heterocycles. The molecule has 0 atom stereocenters. The molecule has 1 fully saturated rings. The minimum absolute atomic E-state index is 0.388. The molecule has 5 heteroatoms. The fourth-order valence-electron chi connectivity index (χ4n) is 1.59. The number of hydrogen-bond acceptors (Lipinski definition) is 3. The molecule has 1 aliphatic rings. The summed E-state index contributed by atoms with van der Waals surface area (Å²) in [7, 11) is 0. The van der Waals surface area contributed by atoms with Crippen molar-refractivity contribution >= 4 is 27.7 Å². The average Bonchev–Trinajstić information content (AvgIpc) is 2.29. The second-order valence-electron chi connectivity index (χ2n) is 3.39. The SMILES string of the molecule is N#Cc1ccc(Br)cc1N1CCCOC1=O. The van der Waals surface area contributed by atoms with Crippen LogP contribution < -0.4 is 4.90 Å². The van der Waals surface area contributed by atoms with Crippen LogP contribution in [-0.4, -0.2) is 19.2 Å². The quantitative estimate of drug-likeness (QED) is 0.795. The fraction of sp³-hybridized carbons (Fsp3) is 0.273. The molecule has 1 aliphatic heterocycles. The summed E-state index contributed by atoms with van der Waals surface area (Å²) in [6.07, 6.45) is 0.393. The first-order chi connectivity index (χ1) is 7.72. The van der Waals surface area contributed by atoms with Crippen LogP contribution in [0.25, 0.3) is 0 Å². The number of nitrogens with zero attached hydrogens (tertiary/aromatic N) is 2. The Kier molecular flexibility index (Phi) is 3.11. The predicted octanol–water partition coefficient (Wildman–Crippen LogP) is 2.67. The molecule has 1 aromatic carbocycles. The summed E-state index contributed by atoms with van der Waals surface area (Å²) < 4.78 is 5.78. The number of hydrogen-bond donors (Lipinski definition) is 0. The summed E-state index contributed by atoms with van der Waals surface area (Å²) in [5.41, 5.74) is 1.07. The average molecular weight is 281 g/mol. The molecule has 0 radical (unpaired) electrons. The Morgan fingerprint density at radius 2 is 2.31 bits per heavy atom. The van der Waals surface area contributed by atoms with E-state index in [1.165, 1.54) is 4.90 Å². The van der Waals surface area contributed by atoms with Crippen LogP contribution in [0.2, 0.25) is 0 Å². The second-order valence-corrected chi connectivity index (χ2v) is 4.31. The number of anilines is 1. The fourth-order valence-corrected chi connectivity index (χ4v) is 1.94. The zero-order valence-electron chi connectivity index (χ0n) is 8.44. The molecule has 16 heavy (non-hydrogen) atoms. The lowest BCUT2D eigenvalue weighted by Gasteiger charge is -2.27. The van der Waals surface area contributed by atoms with Crippen molar-refractivity contribution in [2.75, 3.05) is 18.1 Å². The Bertz CT molecular complexity index is 468. The van der Waals surface area contributed by atoms with Crippen molar-refractivity contribution in [2.24, 2.45) is 0 Å². The van der Waals surface area contributed by atoms with Crippen LogP contribution in [0.5, 0.6) is 0 Å². The maximum Gasteiger partial charge on any atom is 0.414 e. The first kappa shape index (κ1) is 11.0. The van der Waals surface area contributed by atoms with Crippen LogP contribution in [-0.2, 0) is 4.74 Å². The Balaban J connectivity index is 2.42. The Hall–Kier alpha value is -1.54. The van der Waals surface area contributed by atoms with Gasteiger partial charge in [0.05, 0.1) is 17.9 Å².